The summed E-state index contributed by atoms with van der Waals surface area (Å²) in [6.45, 7) is -1.70. The van der Waals surface area contributed by atoms with E-state index in [0.717, 1.165) is 6.07 Å². The van der Waals surface area contributed by atoms with E-state index >= 15 is 0 Å². The Balaban J connectivity index is 1.82. The molecule has 3 aromatic rings. The first-order chi connectivity index (χ1) is 19.9. The van der Waals surface area contributed by atoms with Gasteiger partial charge in [0.05, 0.1) is 24.3 Å². The van der Waals surface area contributed by atoms with Gasteiger partial charge in [0.1, 0.15) is 89.4 Å². The molecule has 10 atom stereocenters. The number of hydrogen-bond donors (Lipinski definition) is 11. The lowest BCUT2D eigenvalue weighted by molar-refractivity contribution is -0.234. The number of phenols is 3. The van der Waals surface area contributed by atoms with Gasteiger partial charge in [0.2, 0.25) is 0 Å². The van der Waals surface area contributed by atoms with Gasteiger partial charge in [0.15, 0.2) is 11.0 Å². The van der Waals surface area contributed by atoms with E-state index in [1.165, 1.54) is 24.3 Å². The molecule has 0 aliphatic carbocycles. The second kappa shape index (κ2) is 11.4. The second-order valence-corrected chi connectivity index (χ2v) is 10.2. The van der Waals surface area contributed by atoms with Gasteiger partial charge in [-0.25, -0.2) is 0 Å². The zero-order chi connectivity index (χ0) is 30.6. The van der Waals surface area contributed by atoms with E-state index in [0.29, 0.717) is 0 Å². The number of fused-ring (bicyclic) bond motifs is 1. The van der Waals surface area contributed by atoms with Crippen LogP contribution in [0.25, 0.3) is 22.3 Å². The molecule has 2 fully saturated rings. The third kappa shape index (κ3) is 4.79. The maximum atomic E-state index is 13.5. The number of ether oxygens (including phenoxy) is 2. The monoisotopic (exact) mass is 594 g/mol. The maximum absolute atomic E-state index is 13.5. The molecule has 0 unspecified atom stereocenters. The van der Waals surface area contributed by atoms with Crippen LogP contribution in [0.4, 0.5) is 0 Å². The van der Waals surface area contributed by atoms with Crippen molar-refractivity contribution in [3.63, 3.8) is 0 Å². The first kappa shape index (κ1) is 30.1. The quantitative estimate of drug-likeness (QED) is 0.147. The summed E-state index contributed by atoms with van der Waals surface area (Å²) in [6, 6.07) is 6.37. The molecule has 1 aromatic heterocycles. The minimum atomic E-state index is -2.02. The summed E-state index contributed by atoms with van der Waals surface area (Å²) in [7, 11) is 0. The van der Waals surface area contributed by atoms with Gasteiger partial charge in [-0.3, -0.25) is 4.79 Å². The van der Waals surface area contributed by atoms with Crippen LogP contribution >= 0.6 is 0 Å². The third-order valence-electron chi connectivity index (χ3n) is 7.70. The molecule has 0 radical (unpaired) electrons. The third-order valence-corrected chi connectivity index (χ3v) is 7.70. The standard InChI is InChI=1S/C27H30O15/c28-6-12-17(32)21(36)23(38)26(41-12)15-19(34)14-10(31)5-11(8-1-3-9(30)4-2-8)40-25(14)16(20(15)35)27-24(39)22(37)18(33)13(7-29)42-27/h1-5,12-13,17-18,21-24,26-30,32-39H,6-7H2/t12-,13+,17+,18+,21+,22+,23-,24+,26-,27-/m0/s1. The number of benzene rings is 2. The Bertz CT molecular complexity index is 1500. The molecule has 42 heavy (non-hydrogen) atoms. The molecule has 0 spiro atoms. The van der Waals surface area contributed by atoms with Crippen LogP contribution in [0.5, 0.6) is 17.2 Å². The first-order valence-corrected chi connectivity index (χ1v) is 12.9. The van der Waals surface area contributed by atoms with Crippen LogP contribution in [0, 0.1) is 0 Å². The van der Waals surface area contributed by atoms with E-state index in [2.05, 4.69) is 0 Å². The smallest absolute Gasteiger partial charge is 0.197 e. The zero-order valence-electron chi connectivity index (χ0n) is 21.6. The normalized spacial score (nSPS) is 33.6. The van der Waals surface area contributed by atoms with Crippen molar-refractivity contribution in [3.05, 3.63) is 51.7 Å². The van der Waals surface area contributed by atoms with Crippen LogP contribution in [0.1, 0.15) is 23.3 Å². The van der Waals surface area contributed by atoms with E-state index in [1.54, 1.807) is 0 Å². The van der Waals surface area contributed by atoms with E-state index in [4.69, 9.17) is 13.9 Å². The van der Waals surface area contributed by atoms with Crippen LogP contribution in [0.2, 0.25) is 0 Å². The highest BCUT2D eigenvalue weighted by atomic mass is 16.6. The molecule has 0 saturated carbocycles. The number of phenolic OH excluding ortho intramolecular Hbond substituents is 3. The average molecular weight is 595 g/mol. The van der Waals surface area contributed by atoms with Crippen molar-refractivity contribution in [2.45, 2.75) is 61.0 Å². The number of rotatable bonds is 5. The van der Waals surface area contributed by atoms with Gasteiger partial charge in [0, 0.05) is 11.6 Å². The lowest BCUT2D eigenvalue weighted by Crippen LogP contribution is -2.55. The summed E-state index contributed by atoms with van der Waals surface area (Å²) in [5.41, 5.74) is -2.48. The van der Waals surface area contributed by atoms with Crippen LogP contribution in [0.15, 0.2) is 39.5 Å². The van der Waals surface area contributed by atoms with Gasteiger partial charge in [-0.15, -0.1) is 0 Å². The van der Waals surface area contributed by atoms with Crippen molar-refractivity contribution in [1.82, 2.24) is 0 Å². The summed E-state index contributed by atoms with van der Waals surface area (Å²) in [5, 5.41) is 114. The predicted octanol–water partition coefficient (Wildman–Crippen LogP) is -2.39. The number of hydrogen-bond acceptors (Lipinski definition) is 15. The minimum absolute atomic E-state index is 0.0941. The molecule has 15 nitrogen and oxygen atoms in total. The Kier molecular flexibility index (Phi) is 8.16. The number of aliphatic hydroxyl groups excluding tert-OH is 8. The molecule has 11 N–H and O–H groups in total. The Hall–Kier alpha value is -3.35. The highest BCUT2D eigenvalue weighted by Gasteiger charge is 2.50. The van der Waals surface area contributed by atoms with Gasteiger partial charge in [0.25, 0.3) is 0 Å². The van der Waals surface area contributed by atoms with Crippen molar-refractivity contribution in [2.75, 3.05) is 13.2 Å². The zero-order valence-corrected chi connectivity index (χ0v) is 21.6. The Morgan fingerprint density at radius 3 is 1.64 bits per heavy atom. The summed E-state index contributed by atoms with van der Waals surface area (Å²) < 4.78 is 17.0. The summed E-state index contributed by atoms with van der Waals surface area (Å²) in [4.78, 5) is 13.5. The Morgan fingerprint density at radius 2 is 1.14 bits per heavy atom. The fourth-order valence-corrected chi connectivity index (χ4v) is 5.39. The second-order valence-electron chi connectivity index (χ2n) is 10.2. The van der Waals surface area contributed by atoms with Gasteiger partial charge in [-0.1, -0.05) is 0 Å². The lowest BCUT2D eigenvalue weighted by atomic mass is 9.85. The largest absolute Gasteiger partial charge is 0.508 e. The molecule has 0 amide bonds. The number of aromatic hydroxyl groups is 3. The molecule has 2 saturated heterocycles. The highest BCUT2D eigenvalue weighted by Crippen LogP contribution is 2.51. The fraction of sp³-hybridized carbons (Fsp3) is 0.444. The van der Waals surface area contributed by atoms with Gasteiger partial charge in [-0.2, -0.15) is 0 Å². The van der Waals surface area contributed by atoms with Crippen molar-refractivity contribution in [1.29, 1.82) is 0 Å². The average Bonchev–Trinajstić information content (AvgIpc) is 2.97. The maximum Gasteiger partial charge on any atom is 0.197 e. The van der Waals surface area contributed by atoms with Crippen LogP contribution in [-0.4, -0.2) is 118 Å². The SMILES string of the molecule is O=c1cc(-c2ccc(O)cc2)oc2c([C@@H]3O[C@H](CO)[C@@H](O)[C@@H](O)[C@H]3O)c(O)c([C@@H]3O[C@@H](CO)[C@@H](O)[C@@H](O)[C@@H]3O)c(O)c12. The van der Waals surface area contributed by atoms with Crippen molar-refractivity contribution in [3.8, 4) is 28.6 Å². The van der Waals surface area contributed by atoms with Crippen LogP contribution in [-0.2, 0) is 9.47 Å². The predicted molar refractivity (Wildman–Crippen MR) is 138 cm³/mol. The van der Waals surface area contributed by atoms with Crippen LogP contribution in [0.3, 0.4) is 0 Å². The summed E-state index contributed by atoms with van der Waals surface area (Å²) in [5.74, 6) is -2.20. The Labute approximate surface area is 235 Å². The molecule has 2 aliphatic heterocycles. The van der Waals surface area contributed by atoms with E-state index < -0.39 is 113 Å². The molecule has 2 aromatic carbocycles. The minimum Gasteiger partial charge on any atom is -0.508 e. The van der Waals surface area contributed by atoms with E-state index in [9.17, 15) is 61.0 Å². The fourth-order valence-electron chi connectivity index (χ4n) is 5.39. The molecule has 2 aliphatic rings. The van der Waals surface area contributed by atoms with Gasteiger partial charge < -0.3 is 70.1 Å². The molecule has 3 heterocycles. The Morgan fingerprint density at radius 1 is 0.643 bits per heavy atom. The van der Waals surface area contributed by atoms with Gasteiger partial charge in [-0.05, 0) is 24.3 Å². The van der Waals surface area contributed by atoms with Crippen molar-refractivity contribution < 1.29 is 70.1 Å². The lowest BCUT2D eigenvalue weighted by Gasteiger charge is -2.42. The summed E-state index contributed by atoms with van der Waals surface area (Å²) >= 11 is 0. The molecule has 228 valence electrons. The molecular weight excluding hydrogens is 564 g/mol. The highest BCUT2D eigenvalue weighted by molar-refractivity contribution is 5.92. The molecule has 15 heteroatoms. The van der Waals surface area contributed by atoms with E-state index in [-0.39, 0.29) is 17.1 Å². The summed E-state index contributed by atoms with van der Waals surface area (Å²) in [6.07, 6.45) is -18.2. The molecule has 0 bridgehead atoms. The first-order valence-electron chi connectivity index (χ1n) is 12.9. The number of aliphatic hydroxyl groups is 8. The molecular formula is C27H30O15. The van der Waals surface area contributed by atoms with Crippen molar-refractivity contribution in [2.24, 2.45) is 0 Å². The van der Waals surface area contributed by atoms with Crippen LogP contribution < -0.4 is 5.43 Å². The molecule has 5 rings (SSSR count). The van der Waals surface area contributed by atoms with Gasteiger partial charge >= 0.3 is 0 Å². The topological polar surface area (TPSA) is 271 Å². The van der Waals surface area contributed by atoms with E-state index in [1.807, 2.05) is 0 Å². The van der Waals surface area contributed by atoms with Crippen molar-refractivity contribution >= 4 is 11.0 Å².